The highest BCUT2D eigenvalue weighted by atomic mass is 15.2. The van der Waals surface area contributed by atoms with Gasteiger partial charge >= 0.3 is 0 Å². The molecular weight excluding hydrogens is 410 g/mol. The molecule has 0 amide bonds. The second-order valence-electron chi connectivity index (χ2n) is 9.82. The molecule has 0 fully saturated rings. The standard InChI is InChI=1S/C33H25N/c1-33(2)29-15-7-9-17-31(29)34(32-18-10-8-16-30(32)33)22-19-20-27-25-13-4-3-11-23(25)24-12-5-6-14-26(24)28(27)21-22/h3-21H,1-2H3. The van der Waals surface area contributed by atoms with Crippen molar-refractivity contribution >= 4 is 49.4 Å². The maximum atomic E-state index is 2.44. The molecule has 1 aliphatic heterocycles. The van der Waals surface area contributed by atoms with Gasteiger partial charge in [-0.05, 0) is 67.7 Å². The molecule has 0 aromatic heterocycles. The van der Waals surface area contributed by atoms with Crippen molar-refractivity contribution in [1.29, 1.82) is 0 Å². The van der Waals surface area contributed by atoms with Crippen molar-refractivity contribution in [2.24, 2.45) is 0 Å². The number of anilines is 3. The molecule has 1 nitrogen and oxygen atoms in total. The highest BCUT2D eigenvalue weighted by molar-refractivity contribution is 6.25. The van der Waals surface area contributed by atoms with Crippen LogP contribution in [0.25, 0.3) is 32.3 Å². The number of rotatable bonds is 1. The molecule has 0 N–H and O–H groups in total. The Hall–Kier alpha value is -4.10. The lowest BCUT2D eigenvalue weighted by atomic mass is 9.73. The molecule has 0 unspecified atom stereocenters. The van der Waals surface area contributed by atoms with Gasteiger partial charge in [-0.3, -0.25) is 0 Å². The quantitative estimate of drug-likeness (QED) is 0.233. The van der Waals surface area contributed by atoms with E-state index in [0.29, 0.717) is 0 Å². The molecule has 0 atom stereocenters. The van der Waals surface area contributed by atoms with Crippen LogP contribution in [0.5, 0.6) is 0 Å². The van der Waals surface area contributed by atoms with Crippen LogP contribution in [0.2, 0.25) is 0 Å². The number of fused-ring (bicyclic) bond motifs is 8. The Morgan fingerprint density at radius 3 is 1.38 bits per heavy atom. The largest absolute Gasteiger partial charge is 0.310 e. The Morgan fingerprint density at radius 2 is 0.853 bits per heavy atom. The fourth-order valence-corrected chi connectivity index (χ4v) is 5.98. The lowest BCUT2D eigenvalue weighted by molar-refractivity contribution is 0.632. The van der Waals surface area contributed by atoms with E-state index < -0.39 is 0 Å². The van der Waals surface area contributed by atoms with Crippen LogP contribution in [0.4, 0.5) is 17.1 Å². The van der Waals surface area contributed by atoms with Crippen molar-refractivity contribution in [1.82, 2.24) is 0 Å². The van der Waals surface area contributed by atoms with Crippen molar-refractivity contribution in [3.8, 4) is 0 Å². The van der Waals surface area contributed by atoms with Crippen LogP contribution in [0.1, 0.15) is 25.0 Å². The molecule has 7 rings (SSSR count). The first-order valence-corrected chi connectivity index (χ1v) is 12.0. The summed E-state index contributed by atoms with van der Waals surface area (Å²) in [7, 11) is 0. The lowest BCUT2D eigenvalue weighted by Gasteiger charge is -2.42. The van der Waals surface area contributed by atoms with Crippen LogP contribution in [-0.4, -0.2) is 0 Å². The molecule has 0 radical (unpaired) electrons. The summed E-state index contributed by atoms with van der Waals surface area (Å²) in [5, 5.41) is 7.83. The third-order valence-corrected chi connectivity index (χ3v) is 7.62. The van der Waals surface area contributed by atoms with E-state index in [2.05, 4.69) is 134 Å². The van der Waals surface area contributed by atoms with Gasteiger partial charge in [0.1, 0.15) is 0 Å². The summed E-state index contributed by atoms with van der Waals surface area (Å²) in [6.07, 6.45) is 0. The number of nitrogens with zero attached hydrogens (tertiary/aromatic N) is 1. The molecule has 34 heavy (non-hydrogen) atoms. The van der Waals surface area contributed by atoms with Crippen molar-refractivity contribution in [2.45, 2.75) is 19.3 Å². The number of hydrogen-bond donors (Lipinski definition) is 0. The summed E-state index contributed by atoms with van der Waals surface area (Å²) in [5.41, 5.74) is 6.38. The van der Waals surface area contributed by atoms with Crippen molar-refractivity contribution in [3.05, 3.63) is 126 Å². The van der Waals surface area contributed by atoms with Crippen LogP contribution in [0, 0.1) is 0 Å². The van der Waals surface area contributed by atoms with Gasteiger partial charge in [-0.1, -0.05) is 105 Å². The van der Waals surface area contributed by atoms with Gasteiger partial charge in [-0.15, -0.1) is 0 Å². The molecule has 6 aromatic carbocycles. The monoisotopic (exact) mass is 435 g/mol. The third kappa shape index (κ3) is 2.55. The van der Waals surface area contributed by atoms with Gasteiger partial charge in [0, 0.05) is 11.1 Å². The summed E-state index contributed by atoms with van der Waals surface area (Å²) < 4.78 is 0. The minimum absolute atomic E-state index is 0.0521. The zero-order valence-electron chi connectivity index (χ0n) is 19.4. The van der Waals surface area contributed by atoms with E-state index in [1.54, 1.807) is 0 Å². The van der Waals surface area contributed by atoms with Crippen LogP contribution in [-0.2, 0) is 5.41 Å². The van der Waals surface area contributed by atoms with E-state index in [-0.39, 0.29) is 5.41 Å². The van der Waals surface area contributed by atoms with E-state index in [0.717, 1.165) is 0 Å². The summed E-state index contributed by atoms with van der Waals surface area (Å²) >= 11 is 0. The highest BCUT2D eigenvalue weighted by Crippen LogP contribution is 2.52. The number of benzene rings is 6. The van der Waals surface area contributed by atoms with Crippen molar-refractivity contribution < 1.29 is 0 Å². The molecule has 162 valence electrons. The first-order valence-electron chi connectivity index (χ1n) is 12.0. The molecule has 6 aromatic rings. The van der Waals surface area contributed by atoms with Gasteiger partial charge in [-0.25, -0.2) is 0 Å². The third-order valence-electron chi connectivity index (χ3n) is 7.62. The predicted molar refractivity (Wildman–Crippen MR) is 146 cm³/mol. The van der Waals surface area contributed by atoms with Crippen LogP contribution in [0.3, 0.4) is 0 Å². The zero-order valence-corrected chi connectivity index (χ0v) is 19.4. The maximum absolute atomic E-state index is 2.44. The average molecular weight is 436 g/mol. The molecule has 0 bridgehead atoms. The summed E-state index contributed by atoms with van der Waals surface area (Å²) in [6, 6.07) is 42.3. The van der Waals surface area contributed by atoms with Crippen LogP contribution >= 0.6 is 0 Å². The van der Waals surface area contributed by atoms with E-state index in [1.807, 2.05) is 0 Å². The molecule has 0 aliphatic carbocycles. The van der Waals surface area contributed by atoms with Gasteiger partial charge in [0.05, 0.1) is 11.4 Å². The van der Waals surface area contributed by atoms with E-state index in [4.69, 9.17) is 0 Å². The summed E-state index contributed by atoms with van der Waals surface area (Å²) in [6.45, 7) is 4.67. The Bertz CT molecular complexity index is 1660. The van der Waals surface area contributed by atoms with E-state index in [1.165, 1.54) is 60.5 Å². The molecular formula is C33H25N. The second-order valence-corrected chi connectivity index (χ2v) is 9.82. The van der Waals surface area contributed by atoms with Gasteiger partial charge in [0.15, 0.2) is 0 Å². The van der Waals surface area contributed by atoms with Gasteiger partial charge in [0.2, 0.25) is 0 Å². The molecule has 1 aliphatic rings. The van der Waals surface area contributed by atoms with Gasteiger partial charge in [-0.2, -0.15) is 0 Å². The maximum Gasteiger partial charge on any atom is 0.0502 e. The first-order chi connectivity index (χ1) is 16.6. The molecule has 0 saturated carbocycles. The van der Waals surface area contributed by atoms with Gasteiger partial charge in [0.25, 0.3) is 0 Å². The normalized spacial score (nSPS) is 14.4. The molecule has 0 spiro atoms. The molecule has 1 heteroatoms. The van der Waals surface area contributed by atoms with Crippen LogP contribution in [0.15, 0.2) is 115 Å². The number of hydrogen-bond acceptors (Lipinski definition) is 1. The van der Waals surface area contributed by atoms with Crippen molar-refractivity contribution in [2.75, 3.05) is 4.90 Å². The second kappa shape index (κ2) is 6.95. The van der Waals surface area contributed by atoms with Crippen LogP contribution < -0.4 is 4.90 Å². The molecule has 1 heterocycles. The zero-order chi connectivity index (χ0) is 22.9. The summed E-state index contributed by atoms with van der Waals surface area (Å²) in [5.74, 6) is 0. The Kier molecular flexibility index (Phi) is 3.96. The van der Waals surface area contributed by atoms with E-state index >= 15 is 0 Å². The Morgan fingerprint density at radius 1 is 0.441 bits per heavy atom. The Balaban J connectivity index is 1.57. The topological polar surface area (TPSA) is 3.24 Å². The van der Waals surface area contributed by atoms with Crippen molar-refractivity contribution in [3.63, 3.8) is 0 Å². The lowest BCUT2D eigenvalue weighted by Crippen LogP contribution is -2.30. The minimum Gasteiger partial charge on any atom is -0.310 e. The fourth-order valence-electron chi connectivity index (χ4n) is 5.98. The predicted octanol–water partition coefficient (Wildman–Crippen LogP) is 9.26. The van der Waals surface area contributed by atoms with E-state index in [9.17, 15) is 0 Å². The van der Waals surface area contributed by atoms with Gasteiger partial charge < -0.3 is 4.90 Å². The number of para-hydroxylation sites is 2. The first kappa shape index (κ1) is 19.4. The minimum atomic E-state index is -0.0521. The molecule has 0 saturated heterocycles. The Labute approximate surface area is 199 Å². The fraction of sp³-hybridized carbons (Fsp3) is 0.0909. The smallest absolute Gasteiger partial charge is 0.0502 e. The summed E-state index contributed by atoms with van der Waals surface area (Å²) in [4.78, 5) is 2.44. The average Bonchev–Trinajstić information content (AvgIpc) is 2.89. The SMILES string of the molecule is CC1(C)c2ccccc2N(c2ccc3c4ccccc4c4ccccc4c3c2)c2ccccc21. The highest BCUT2D eigenvalue weighted by Gasteiger charge is 2.36.